The van der Waals surface area contributed by atoms with Crippen LogP contribution < -0.4 is 15.0 Å². The summed E-state index contributed by atoms with van der Waals surface area (Å²) in [5, 5.41) is 51.9. The number of rotatable bonds is 8. The number of nitrogens with one attached hydrogen (secondary N) is 2. The molecule has 1 saturated carbocycles. The van der Waals surface area contributed by atoms with Crippen molar-refractivity contribution < 1.29 is 39.5 Å². The lowest BCUT2D eigenvalue weighted by Crippen LogP contribution is -2.81. The molecular weight excluding hydrogens is 751 g/mol. The molecule has 1 spiro atoms. The van der Waals surface area contributed by atoms with Gasteiger partial charge >= 0.3 is 5.97 Å². The molecule has 13 heteroatoms. The Morgan fingerprint density at radius 1 is 1.05 bits per heavy atom. The van der Waals surface area contributed by atoms with Crippen LogP contribution in [-0.2, 0) is 31.6 Å². The van der Waals surface area contributed by atoms with Crippen LogP contribution in [0.5, 0.6) is 5.75 Å². The summed E-state index contributed by atoms with van der Waals surface area (Å²) in [7, 11) is 4.90. The molecule has 1 aromatic heterocycles. The Bertz CT molecular complexity index is 2210. The first-order chi connectivity index (χ1) is 28.2. The van der Waals surface area contributed by atoms with Crippen molar-refractivity contribution in [1.82, 2.24) is 20.1 Å². The molecule has 3 fully saturated rings. The molecule has 1 amide bonds. The summed E-state index contributed by atoms with van der Waals surface area (Å²) in [4.78, 5) is 40.3. The first kappa shape index (κ1) is 40.4. The molecule has 6 aliphatic rings. The number of para-hydroxylation sites is 1. The molecule has 9 rings (SSSR count). The van der Waals surface area contributed by atoms with Crippen LogP contribution in [0, 0.1) is 11.3 Å². The number of likely N-dealkylation sites (N-methyl/N-ethyl adjacent to an activating group) is 1. The normalized spacial score (nSPS) is 37.7. The summed E-state index contributed by atoms with van der Waals surface area (Å²) >= 11 is 0. The molecule has 1 aliphatic carbocycles. The summed E-state index contributed by atoms with van der Waals surface area (Å²) in [6.45, 7) is 8.81. The third-order valence-corrected chi connectivity index (χ3v) is 15.8. The standard InChI is InChI=1S/C46H61N5O8/c1-7-42(56)22-28-23-45(41(55)59-6,36-30(14-18-50(25-28)26-42)29-12-9-10-13-33(29)48-36)32-20-31-34(21-35(32)58-5)49(4)38-44(31)16-19-51-17-11-15-43(8-2,37(44)51)39(53)46(38,57)40(54)47-24-27(3)52/h9-13,15,20-21,27-28,37-39,48,52-53,56-57H,7-8,14,16-19,22-26H2,1-6H3,(H,47,54)/t27?,28?,37?,38?,39-,42?,43-,44?,45+,46+/m1/s1. The van der Waals surface area contributed by atoms with Crippen molar-refractivity contribution in [1.29, 1.82) is 0 Å². The summed E-state index contributed by atoms with van der Waals surface area (Å²) in [5.41, 5.74) is -1.61. The fourth-order valence-corrected chi connectivity index (χ4v) is 13.4. The lowest BCUT2D eigenvalue weighted by molar-refractivity contribution is -0.203. The lowest BCUT2D eigenvalue weighted by atomic mass is 9.47. The molecule has 2 saturated heterocycles. The van der Waals surface area contributed by atoms with E-state index in [0.717, 1.165) is 33.4 Å². The van der Waals surface area contributed by atoms with Gasteiger partial charge in [-0.05, 0) is 81.2 Å². The number of carbonyl (C=O) groups excluding carboxylic acids is 2. The van der Waals surface area contributed by atoms with E-state index in [4.69, 9.17) is 9.47 Å². The Balaban J connectivity index is 1.34. The highest BCUT2D eigenvalue weighted by molar-refractivity contribution is 5.95. The summed E-state index contributed by atoms with van der Waals surface area (Å²) in [6.07, 6.45) is 4.83. The van der Waals surface area contributed by atoms with Crippen LogP contribution in [0.3, 0.4) is 0 Å². The molecule has 13 nitrogen and oxygen atoms in total. The van der Waals surface area contributed by atoms with Crippen molar-refractivity contribution >= 4 is 28.5 Å². The highest BCUT2D eigenvalue weighted by Gasteiger charge is 2.78. The minimum atomic E-state index is -2.31. The number of aromatic nitrogens is 1. The molecule has 0 radical (unpaired) electrons. The highest BCUT2D eigenvalue weighted by atomic mass is 16.5. The number of amides is 1. The van der Waals surface area contributed by atoms with Crippen molar-refractivity contribution in [2.75, 3.05) is 65.4 Å². The average molecular weight is 812 g/mol. The summed E-state index contributed by atoms with van der Waals surface area (Å²) in [6, 6.07) is 11.0. The summed E-state index contributed by atoms with van der Waals surface area (Å²) < 4.78 is 12.3. The van der Waals surface area contributed by atoms with Gasteiger partial charge in [-0.2, -0.15) is 0 Å². The van der Waals surface area contributed by atoms with E-state index in [1.807, 2.05) is 62.2 Å². The number of aliphatic hydroxyl groups is 4. The molecule has 2 aromatic carbocycles. The number of esters is 1. The Morgan fingerprint density at radius 3 is 2.54 bits per heavy atom. The van der Waals surface area contributed by atoms with Gasteiger partial charge in [0.05, 0.1) is 32.0 Å². The first-order valence-electron chi connectivity index (χ1n) is 21.6. The SMILES string of the molecule is CCC1(O)CC2C[N@](CCc3c([nH]c4ccccc34)[C@@](C(=O)OC)(c3cc4c(cc3OC)N(C)C3C45CCN4CC=C[C@](CC)(C45)[C@@H](O)[C@]3(O)C(=O)NCC(C)O)C2)C1. The number of carbonyl (C=O) groups is 2. The maximum atomic E-state index is 15.3. The zero-order valence-corrected chi connectivity index (χ0v) is 35.3. The van der Waals surface area contributed by atoms with E-state index < -0.39 is 57.6 Å². The molecule has 59 heavy (non-hydrogen) atoms. The minimum absolute atomic E-state index is 0.0903. The molecule has 6 N–H and O–H groups in total. The van der Waals surface area contributed by atoms with Gasteiger partial charge in [-0.25, -0.2) is 0 Å². The van der Waals surface area contributed by atoms with Crippen molar-refractivity contribution in [2.24, 2.45) is 11.3 Å². The number of aromatic amines is 1. The third-order valence-electron chi connectivity index (χ3n) is 15.8. The molecule has 6 unspecified atom stereocenters. The fourth-order valence-electron chi connectivity index (χ4n) is 13.4. The summed E-state index contributed by atoms with van der Waals surface area (Å²) in [5.74, 6) is -0.808. The second-order valence-corrected chi connectivity index (χ2v) is 18.7. The predicted molar refractivity (Wildman–Crippen MR) is 224 cm³/mol. The number of fused-ring (bicyclic) bond motifs is 6. The molecule has 318 valence electrons. The first-order valence-corrected chi connectivity index (χ1v) is 21.6. The van der Waals surface area contributed by atoms with Gasteiger partial charge in [0, 0.05) is 90.6 Å². The maximum absolute atomic E-state index is 15.3. The van der Waals surface area contributed by atoms with E-state index in [0.29, 0.717) is 82.6 Å². The molecule has 5 aliphatic heterocycles. The van der Waals surface area contributed by atoms with Crippen LogP contribution in [0.15, 0.2) is 48.6 Å². The third kappa shape index (κ3) is 5.37. The number of hydrogen-bond donors (Lipinski definition) is 6. The van der Waals surface area contributed by atoms with Gasteiger partial charge in [-0.15, -0.1) is 0 Å². The number of piperidine rings is 1. The Kier molecular flexibility index (Phi) is 9.62. The fraction of sp³-hybridized carbons (Fsp3) is 0.609. The van der Waals surface area contributed by atoms with Gasteiger partial charge in [0.15, 0.2) is 5.60 Å². The number of anilines is 1. The van der Waals surface area contributed by atoms with Crippen molar-refractivity contribution in [2.45, 2.75) is 106 Å². The molecular formula is C46H61N5O8. The zero-order chi connectivity index (χ0) is 41.9. The van der Waals surface area contributed by atoms with Crippen molar-refractivity contribution in [3.63, 3.8) is 0 Å². The van der Waals surface area contributed by atoms with E-state index in [9.17, 15) is 25.2 Å². The van der Waals surface area contributed by atoms with Crippen LogP contribution in [0.2, 0.25) is 0 Å². The number of methoxy groups -OCH3 is 2. The number of nitrogens with zero attached hydrogens (tertiary/aromatic N) is 3. The van der Waals surface area contributed by atoms with E-state index in [2.05, 4.69) is 32.2 Å². The van der Waals surface area contributed by atoms with E-state index >= 15 is 4.79 Å². The topological polar surface area (TPSA) is 171 Å². The van der Waals surface area contributed by atoms with Gasteiger partial charge in [0.1, 0.15) is 17.3 Å². The number of hydrogen-bond acceptors (Lipinski definition) is 11. The second-order valence-electron chi connectivity index (χ2n) is 18.7. The van der Waals surface area contributed by atoms with Crippen LogP contribution in [-0.4, -0.2) is 143 Å². The highest BCUT2D eigenvalue weighted by Crippen LogP contribution is 2.67. The number of benzene rings is 2. The van der Waals surface area contributed by atoms with Gasteiger partial charge < -0.3 is 45.1 Å². The Hall–Kier alpha value is -3.98. The van der Waals surface area contributed by atoms with Crippen LogP contribution in [0.4, 0.5) is 5.69 Å². The largest absolute Gasteiger partial charge is 0.496 e. The number of aliphatic hydroxyl groups excluding tert-OH is 2. The Labute approximate surface area is 346 Å². The van der Waals surface area contributed by atoms with Gasteiger partial charge in [0.2, 0.25) is 0 Å². The predicted octanol–water partition coefficient (Wildman–Crippen LogP) is 2.74. The smallest absolute Gasteiger partial charge is 0.322 e. The zero-order valence-electron chi connectivity index (χ0n) is 35.3. The van der Waals surface area contributed by atoms with Crippen LogP contribution in [0.1, 0.15) is 75.3 Å². The van der Waals surface area contributed by atoms with E-state index in [1.54, 1.807) is 14.0 Å². The Morgan fingerprint density at radius 2 is 1.83 bits per heavy atom. The van der Waals surface area contributed by atoms with E-state index in [-0.39, 0.29) is 18.5 Å². The van der Waals surface area contributed by atoms with Gasteiger partial charge in [-0.1, -0.05) is 44.2 Å². The van der Waals surface area contributed by atoms with Crippen LogP contribution >= 0.6 is 0 Å². The molecule has 3 aromatic rings. The van der Waals surface area contributed by atoms with Crippen molar-refractivity contribution in [3.05, 3.63) is 70.9 Å². The van der Waals surface area contributed by atoms with Crippen LogP contribution in [0.25, 0.3) is 10.9 Å². The van der Waals surface area contributed by atoms with Crippen molar-refractivity contribution in [3.8, 4) is 5.75 Å². The molecule has 6 heterocycles. The maximum Gasteiger partial charge on any atom is 0.322 e. The molecule has 2 bridgehead atoms. The van der Waals surface area contributed by atoms with Gasteiger partial charge in [0.25, 0.3) is 5.91 Å². The number of ether oxygens (including phenoxy) is 2. The van der Waals surface area contributed by atoms with E-state index in [1.165, 1.54) is 7.11 Å². The lowest BCUT2D eigenvalue weighted by Gasteiger charge is -2.63. The quantitative estimate of drug-likeness (QED) is 0.146. The minimum Gasteiger partial charge on any atom is -0.496 e. The molecule has 11 atom stereocenters. The average Bonchev–Trinajstić information content (AvgIpc) is 3.89. The number of H-pyrrole nitrogens is 1. The van der Waals surface area contributed by atoms with Gasteiger partial charge in [-0.3, -0.25) is 19.4 Å². The second kappa shape index (κ2) is 14.0. The monoisotopic (exact) mass is 811 g/mol.